The van der Waals surface area contributed by atoms with Crippen LogP contribution in [-0.4, -0.2) is 23.8 Å². The molecule has 3 N–H and O–H groups in total. The van der Waals surface area contributed by atoms with Crippen molar-refractivity contribution in [1.29, 1.82) is 0 Å². The van der Waals surface area contributed by atoms with E-state index in [-0.39, 0.29) is 18.2 Å². The molecular formula is C24H21Br2N3O2. The third-order valence-corrected chi connectivity index (χ3v) is 5.73. The predicted molar refractivity (Wildman–Crippen MR) is 134 cm³/mol. The molecular weight excluding hydrogens is 522 g/mol. The van der Waals surface area contributed by atoms with Gasteiger partial charge in [-0.2, -0.15) is 5.10 Å². The van der Waals surface area contributed by atoms with Crippen molar-refractivity contribution in [2.45, 2.75) is 6.92 Å². The topological polar surface area (TPSA) is 73.7 Å². The number of phenolic OH excluding ortho intramolecular Hbond substituents is 1. The molecule has 0 aliphatic rings. The highest BCUT2D eigenvalue weighted by Gasteiger charge is 2.05. The number of fused-ring (bicyclic) bond motifs is 1. The average Bonchev–Trinajstić information content (AvgIpc) is 2.74. The first-order chi connectivity index (χ1) is 14.8. The summed E-state index contributed by atoms with van der Waals surface area (Å²) in [5.74, 6) is -0.194. The van der Waals surface area contributed by atoms with E-state index in [1.807, 2.05) is 24.3 Å². The highest BCUT2D eigenvalue weighted by Crippen LogP contribution is 2.32. The SMILES string of the molecule is C=C(/C=C\c1cc2ccccc2cc1C)NCC(=O)N/N=C/c1cc(Br)c(O)c(Br)c1. The number of allylic oxidation sites excluding steroid dienone is 1. The number of halogens is 2. The molecule has 0 spiro atoms. The molecule has 3 aromatic rings. The Morgan fingerprint density at radius 1 is 1.13 bits per heavy atom. The third-order valence-electron chi connectivity index (χ3n) is 4.52. The van der Waals surface area contributed by atoms with Crippen molar-refractivity contribution >= 4 is 60.8 Å². The first kappa shape index (κ1) is 22.8. The average molecular weight is 543 g/mol. The highest BCUT2D eigenvalue weighted by atomic mass is 79.9. The molecule has 0 bridgehead atoms. The van der Waals surface area contributed by atoms with E-state index in [1.165, 1.54) is 22.6 Å². The van der Waals surface area contributed by atoms with Gasteiger partial charge in [0.2, 0.25) is 0 Å². The molecule has 0 radical (unpaired) electrons. The summed E-state index contributed by atoms with van der Waals surface area (Å²) >= 11 is 6.50. The van der Waals surface area contributed by atoms with Crippen molar-refractivity contribution in [2.75, 3.05) is 6.54 Å². The van der Waals surface area contributed by atoms with Gasteiger partial charge in [0, 0.05) is 5.70 Å². The van der Waals surface area contributed by atoms with E-state index in [1.54, 1.807) is 12.1 Å². The Labute approximate surface area is 197 Å². The number of aromatic hydroxyl groups is 1. The van der Waals surface area contributed by atoms with Crippen LogP contribution in [0.15, 0.2) is 80.9 Å². The summed E-state index contributed by atoms with van der Waals surface area (Å²) in [6.45, 7) is 6.05. The molecule has 3 rings (SSSR count). The van der Waals surface area contributed by atoms with Gasteiger partial charge in [0.25, 0.3) is 5.91 Å². The summed E-state index contributed by atoms with van der Waals surface area (Å²) < 4.78 is 1.06. The number of carbonyl (C=O) groups excluding carboxylic acids is 1. The molecule has 31 heavy (non-hydrogen) atoms. The van der Waals surface area contributed by atoms with Crippen LogP contribution in [0.3, 0.4) is 0 Å². The summed E-state index contributed by atoms with van der Waals surface area (Å²) in [6.07, 6.45) is 5.32. The normalized spacial score (nSPS) is 11.3. The standard InChI is InChI=1S/C24H21Br2N3O2/c1-15-9-19-5-3-4-6-20(19)12-18(15)8-7-16(2)27-14-23(30)29-28-13-17-10-21(25)24(31)22(26)11-17/h3-13,27,31H,2,14H2,1H3,(H,29,30)/b8-7-,28-13+. The molecule has 0 aliphatic heterocycles. The number of hydrogen-bond acceptors (Lipinski definition) is 4. The van der Waals surface area contributed by atoms with Gasteiger partial charge in [0.1, 0.15) is 5.75 Å². The third kappa shape index (κ3) is 6.29. The Balaban J connectivity index is 1.51. The minimum absolute atomic E-state index is 0.0418. The zero-order chi connectivity index (χ0) is 22.4. The highest BCUT2D eigenvalue weighted by molar-refractivity contribution is 9.11. The number of nitrogens with zero attached hydrogens (tertiary/aromatic N) is 1. The van der Waals surface area contributed by atoms with Gasteiger partial charge in [-0.25, -0.2) is 5.43 Å². The van der Waals surface area contributed by atoms with Crippen molar-refractivity contribution in [2.24, 2.45) is 5.10 Å². The number of hydrazone groups is 1. The van der Waals surface area contributed by atoms with Crippen LogP contribution < -0.4 is 10.7 Å². The van der Waals surface area contributed by atoms with Crippen LogP contribution in [0.1, 0.15) is 16.7 Å². The quantitative estimate of drug-likeness (QED) is 0.205. The number of amides is 1. The smallest absolute Gasteiger partial charge is 0.259 e. The van der Waals surface area contributed by atoms with E-state index in [0.29, 0.717) is 20.2 Å². The zero-order valence-corrected chi connectivity index (χ0v) is 20.0. The largest absolute Gasteiger partial charge is 0.506 e. The van der Waals surface area contributed by atoms with Crippen LogP contribution in [0.2, 0.25) is 0 Å². The van der Waals surface area contributed by atoms with Crippen LogP contribution in [0.25, 0.3) is 16.8 Å². The number of hydrogen-bond donors (Lipinski definition) is 3. The molecule has 0 unspecified atom stereocenters. The van der Waals surface area contributed by atoms with E-state index >= 15 is 0 Å². The van der Waals surface area contributed by atoms with Gasteiger partial charge in [0.15, 0.2) is 0 Å². The number of phenols is 1. The Hall–Kier alpha value is -2.90. The first-order valence-electron chi connectivity index (χ1n) is 9.43. The summed E-state index contributed by atoms with van der Waals surface area (Å²) in [6, 6.07) is 15.9. The number of rotatable bonds is 7. The van der Waals surface area contributed by atoms with Crippen LogP contribution >= 0.6 is 31.9 Å². The van der Waals surface area contributed by atoms with Crippen LogP contribution in [-0.2, 0) is 4.79 Å². The maximum atomic E-state index is 12.0. The maximum Gasteiger partial charge on any atom is 0.259 e. The lowest BCUT2D eigenvalue weighted by molar-refractivity contribution is -0.120. The fourth-order valence-corrected chi connectivity index (χ4v) is 4.09. The fraction of sp³-hybridized carbons (Fsp3) is 0.0833. The molecule has 158 valence electrons. The first-order valence-corrected chi connectivity index (χ1v) is 11.0. The lowest BCUT2D eigenvalue weighted by Gasteiger charge is -2.07. The van der Waals surface area contributed by atoms with Crippen LogP contribution in [0, 0.1) is 6.92 Å². The van der Waals surface area contributed by atoms with E-state index < -0.39 is 0 Å². The number of aryl methyl sites for hydroxylation is 1. The Bertz CT molecular complexity index is 1180. The summed E-state index contributed by atoms with van der Waals surface area (Å²) in [5.41, 5.74) is 6.05. The van der Waals surface area contributed by atoms with Crippen LogP contribution in [0.4, 0.5) is 0 Å². The van der Waals surface area contributed by atoms with Crippen molar-refractivity contribution in [3.05, 3.63) is 92.5 Å². The second-order valence-electron chi connectivity index (χ2n) is 6.89. The Morgan fingerprint density at radius 2 is 1.77 bits per heavy atom. The molecule has 3 aromatic carbocycles. The molecule has 0 atom stereocenters. The van der Waals surface area contributed by atoms with Gasteiger partial charge in [-0.15, -0.1) is 0 Å². The van der Waals surface area contributed by atoms with Crippen LogP contribution in [0.5, 0.6) is 5.75 Å². The van der Waals surface area contributed by atoms with Crippen molar-refractivity contribution < 1.29 is 9.90 Å². The maximum absolute atomic E-state index is 12.0. The summed E-state index contributed by atoms with van der Waals surface area (Å²) in [5, 5.41) is 19.0. The van der Waals surface area contributed by atoms with E-state index in [0.717, 1.165) is 5.56 Å². The number of nitrogens with one attached hydrogen (secondary N) is 2. The lowest BCUT2D eigenvalue weighted by atomic mass is 10.0. The molecule has 1 amide bonds. The van der Waals surface area contributed by atoms with Gasteiger partial charge in [-0.1, -0.05) is 43.0 Å². The van der Waals surface area contributed by atoms with Crippen molar-refractivity contribution in [3.63, 3.8) is 0 Å². The minimum Gasteiger partial charge on any atom is -0.506 e. The number of benzene rings is 3. The van der Waals surface area contributed by atoms with Gasteiger partial charge >= 0.3 is 0 Å². The number of carbonyl (C=O) groups is 1. The Kier molecular flexibility index (Phi) is 7.65. The molecule has 0 saturated carbocycles. The molecule has 0 fully saturated rings. The monoisotopic (exact) mass is 541 g/mol. The lowest BCUT2D eigenvalue weighted by Crippen LogP contribution is -2.30. The van der Waals surface area contributed by atoms with Gasteiger partial charge < -0.3 is 10.4 Å². The molecule has 0 heterocycles. The van der Waals surface area contributed by atoms with Crippen molar-refractivity contribution in [3.8, 4) is 5.75 Å². The van der Waals surface area contributed by atoms with E-state index in [2.05, 4.69) is 85.5 Å². The molecule has 5 nitrogen and oxygen atoms in total. The second-order valence-corrected chi connectivity index (χ2v) is 8.60. The van der Waals surface area contributed by atoms with Crippen molar-refractivity contribution in [1.82, 2.24) is 10.7 Å². The van der Waals surface area contributed by atoms with Gasteiger partial charge in [0.05, 0.1) is 21.7 Å². The molecule has 7 heteroatoms. The fourth-order valence-electron chi connectivity index (χ4n) is 2.87. The van der Waals surface area contributed by atoms with E-state index in [9.17, 15) is 9.90 Å². The van der Waals surface area contributed by atoms with E-state index in [4.69, 9.17) is 0 Å². The minimum atomic E-state index is -0.301. The molecule has 0 aromatic heterocycles. The molecule has 0 saturated heterocycles. The zero-order valence-electron chi connectivity index (χ0n) is 16.8. The second kappa shape index (κ2) is 10.4. The summed E-state index contributed by atoms with van der Waals surface area (Å²) in [7, 11) is 0. The predicted octanol–water partition coefficient (Wildman–Crippen LogP) is 5.65. The van der Waals surface area contributed by atoms with Gasteiger partial charge in [-0.05, 0) is 90.5 Å². The Morgan fingerprint density at radius 3 is 2.45 bits per heavy atom. The van der Waals surface area contributed by atoms with Gasteiger partial charge in [-0.3, -0.25) is 4.79 Å². The summed E-state index contributed by atoms with van der Waals surface area (Å²) in [4.78, 5) is 12.0. The molecule has 0 aliphatic carbocycles.